The van der Waals surface area contributed by atoms with Crippen molar-refractivity contribution in [3.05, 3.63) is 259 Å². The van der Waals surface area contributed by atoms with Crippen molar-refractivity contribution in [2.24, 2.45) is 0 Å². The van der Waals surface area contributed by atoms with Gasteiger partial charge in [-0.2, -0.15) is 0 Å². The maximum Gasteiger partial charge on any atom is 0.0462 e. The van der Waals surface area contributed by atoms with Crippen molar-refractivity contribution in [1.29, 1.82) is 0 Å². The third-order valence-corrected chi connectivity index (χ3v) is 15.5. The van der Waals surface area contributed by atoms with Gasteiger partial charge in [0.2, 0.25) is 0 Å². The summed E-state index contributed by atoms with van der Waals surface area (Å²) in [6, 6.07) is 88.0. The predicted octanol–water partition coefficient (Wildman–Crippen LogP) is 18.7. The van der Waals surface area contributed by atoms with Gasteiger partial charge in [0.1, 0.15) is 0 Å². The van der Waals surface area contributed by atoms with Crippen molar-refractivity contribution >= 4 is 38.6 Å². The van der Waals surface area contributed by atoms with Crippen molar-refractivity contribution in [3.63, 3.8) is 0 Å². The van der Waals surface area contributed by atoms with Crippen LogP contribution < -0.4 is 4.90 Å². The molecule has 0 saturated carbocycles. The van der Waals surface area contributed by atoms with E-state index < -0.39 is 0 Å². The smallest absolute Gasteiger partial charge is 0.0462 e. The monoisotopic (exact) mass is 881 g/mol. The largest absolute Gasteiger partial charge is 0.311 e. The van der Waals surface area contributed by atoms with E-state index in [1.165, 1.54) is 111 Å². The van der Waals surface area contributed by atoms with Crippen molar-refractivity contribution in [1.82, 2.24) is 0 Å². The molecule has 11 aromatic rings. The van der Waals surface area contributed by atoms with Gasteiger partial charge in [-0.25, -0.2) is 0 Å². The number of hydrogen-bond acceptors (Lipinski definition) is 1. The molecule has 0 fully saturated rings. The maximum absolute atomic E-state index is 2.41. The first kappa shape index (κ1) is 41.0. The van der Waals surface area contributed by atoms with E-state index in [9.17, 15) is 0 Å². The van der Waals surface area contributed by atoms with Gasteiger partial charge in [-0.05, 0) is 159 Å². The number of anilines is 3. The first-order valence-electron chi connectivity index (χ1n) is 24.3. The third kappa shape index (κ3) is 6.52. The average Bonchev–Trinajstić information content (AvgIpc) is 3.78. The van der Waals surface area contributed by atoms with Gasteiger partial charge in [0.05, 0.1) is 0 Å². The van der Waals surface area contributed by atoms with Gasteiger partial charge in [0.25, 0.3) is 0 Å². The Morgan fingerprint density at radius 1 is 0.261 bits per heavy atom. The Bertz CT molecular complexity index is 3810. The molecule has 2 aliphatic carbocycles. The minimum Gasteiger partial charge on any atom is -0.311 e. The van der Waals surface area contributed by atoms with Gasteiger partial charge >= 0.3 is 0 Å². The molecule has 0 radical (unpaired) electrons. The summed E-state index contributed by atoms with van der Waals surface area (Å²) in [4.78, 5) is 2.39. The summed E-state index contributed by atoms with van der Waals surface area (Å²) in [6.07, 6.45) is 0. The van der Waals surface area contributed by atoms with E-state index in [4.69, 9.17) is 0 Å². The SMILES string of the molecule is CC1(C)c2ccccc2-c2ccc(-c3ccc(N(c4ccc(-c5ccc6c(ccc7ccccc76)c5)cc4)c4ccc(-c5ccccc5-c5cccc6c5C(C)(C)c5ccccc5-6)cc4)cc3)cc21. The van der Waals surface area contributed by atoms with Gasteiger partial charge in [0, 0.05) is 27.9 Å². The molecule has 0 unspecified atom stereocenters. The topological polar surface area (TPSA) is 3.24 Å². The van der Waals surface area contributed by atoms with E-state index in [2.05, 4.69) is 269 Å². The molecule has 11 aromatic carbocycles. The fraction of sp³-hybridized carbons (Fsp3) is 0.0882. The fourth-order valence-corrected chi connectivity index (χ4v) is 12.0. The Balaban J connectivity index is 0.877. The Kier molecular flexibility index (Phi) is 9.30. The van der Waals surface area contributed by atoms with Crippen molar-refractivity contribution < 1.29 is 0 Å². The lowest BCUT2D eigenvalue weighted by Gasteiger charge is -2.27. The lowest BCUT2D eigenvalue weighted by molar-refractivity contribution is 0.660. The molecule has 0 atom stereocenters. The Morgan fingerprint density at radius 2 is 0.696 bits per heavy atom. The van der Waals surface area contributed by atoms with E-state index in [0.717, 1.165) is 17.1 Å². The molecule has 0 bridgehead atoms. The van der Waals surface area contributed by atoms with Gasteiger partial charge in [-0.15, -0.1) is 0 Å². The first-order chi connectivity index (χ1) is 33.7. The lowest BCUT2D eigenvalue weighted by Crippen LogP contribution is -2.16. The molecule has 1 nitrogen and oxygen atoms in total. The molecule has 0 aromatic heterocycles. The highest BCUT2D eigenvalue weighted by atomic mass is 15.1. The second-order valence-corrected chi connectivity index (χ2v) is 20.1. The van der Waals surface area contributed by atoms with Crippen LogP contribution in [-0.4, -0.2) is 0 Å². The number of hydrogen-bond donors (Lipinski definition) is 0. The van der Waals surface area contributed by atoms with Crippen molar-refractivity contribution in [2.75, 3.05) is 4.90 Å². The molecule has 2 aliphatic rings. The molecule has 0 heterocycles. The standard InChI is InChI=1S/C68H51N/c1-67(2)63-22-11-9-18-58(63)60-41-33-49(43-65(60)67)45-28-36-52(37-29-45)69(51-34-26-44(27-35-51)48-32-40-56-50(42-48)25-24-46-14-5-6-15-54(46)56)53-38-30-47(31-39-53)55-16-7-8-17-57(55)61-20-13-21-62-59-19-10-12-23-64(59)68(3,4)66(61)62/h5-43H,1-4H3. The van der Waals surface area contributed by atoms with Crippen LogP contribution in [0.25, 0.3) is 88.3 Å². The number of rotatable bonds is 7. The van der Waals surface area contributed by atoms with Gasteiger partial charge in [0.15, 0.2) is 0 Å². The quantitative estimate of drug-likeness (QED) is 0.144. The van der Waals surface area contributed by atoms with Crippen LogP contribution >= 0.6 is 0 Å². The zero-order chi connectivity index (χ0) is 46.4. The zero-order valence-electron chi connectivity index (χ0n) is 39.5. The predicted molar refractivity (Wildman–Crippen MR) is 293 cm³/mol. The molecule has 0 N–H and O–H groups in total. The highest BCUT2D eigenvalue weighted by molar-refractivity contribution is 6.08. The van der Waals surface area contributed by atoms with Crippen LogP contribution in [-0.2, 0) is 10.8 Å². The normalized spacial score (nSPS) is 13.7. The summed E-state index contributed by atoms with van der Waals surface area (Å²) < 4.78 is 0. The van der Waals surface area contributed by atoms with Gasteiger partial charge < -0.3 is 4.90 Å². The van der Waals surface area contributed by atoms with E-state index in [1.807, 2.05) is 0 Å². The summed E-state index contributed by atoms with van der Waals surface area (Å²) >= 11 is 0. The van der Waals surface area contributed by atoms with E-state index in [0.29, 0.717) is 0 Å². The fourth-order valence-electron chi connectivity index (χ4n) is 12.0. The van der Waals surface area contributed by atoms with Crippen molar-refractivity contribution in [3.8, 4) is 66.8 Å². The Labute approximate surface area is 405 Å². The van der Waals surface area contributed by atoms with Crippen LogP contribution in [0.3, 0.4) is 0 Å². The summed E-state index contributed by atoms with van der Waals surface area (Å²) in [5, 5.41) is 5.09. The van der Waals surface area contributed by atoms with Gasteiger partial charge in [-0.1, -0.05) is 216 Å². The average molecular weight is 882 g/mol. The summed E-state index contributed by atoms with van der Waals surface area (Å²) in [5.41, 5.74) is 23.9. The number of fused-ring (bicyclic) bond motifs is 9. The van der Waals surface area contributed by atoms with Gasteiger partial charge in [-0.3, -0.25) is 0 Å². The first-order valence-corrected chi connectivity index (χ1v) is 24.3. The van der Waals surface area contributed by atoms with Crippen LogP contribution in [0.2, 0.25) is 0 Å². The number of nitrogens with zero attached hydrogens (tertiary/aromatic N) is 1. The summed E-state index contributed by atoms with van der Waals surface area (Å²) in [7, 11) is 0. The highest BCUT2D eigenvalue weighted by Crippen LogP contribution is 2.54. The minimum absolute atomic E-state index is 0.0533. The van der Waals surface area contributed by atoms with Crippen LogP contribution in [0.1, 0.15) is 49.9 Å². The number of benzene rings is 11. The van der Waals surface area contributed by atoms with E-state index in [1.54, 1.807) is 0 Å². The minimum atomic E-state index is -0.114. The molecular formula is C68H51N. The summed E-state index contributed by atoms with van der Waals surface area (Å²) in [5.74, 6) is 0. The lowest BCUT2D eigenvalue weighted by atomic mass is 9.78. The molecule has 328 valence electrons. The van der Waals surface area contributed by atoms with Crippen LogP contribution in [0.15, 0.2) is 237 Å². The van der Waals surface area contributed by atoms with Crippen LogP contribution in [0, 0.1) is 0 Å². The molecule has 0 aliphatic heterocycles. The third-order valence-electron chi connectivity index (χ3n) is 15.5. The summed E-state index contributed by atoms with van der Waals surface area (Å²) in [6.45, 7) is 9.46. The molecular weight excluding hydrogens is 831 g/mol. The van der Waals surface area contributed by atoms with E-state index >= 15 is 0 Å². The molecule has 1 heteroatoms. The molecule has 13 rings (SSSR count). The van der Waals surface area contributed by atoms with Crippen LogP contribution in [0.5, 0.6) is 0 Å². The van der Waals surface area contributed by atoms with Crippen LogP contribution in [0.4, 0.5) is 17.1 Å². The Hall–Kier alpha value is -8.26. The second kappa shape index (κ2) is 15.7. The Morgan fingerprint density at radius 3 is 1.36 bits per heavy atom. The molecule has 0 spiro atoms. The van der Waals surface area contributed by atoms with E-state index in [-0.39, 0.29) is 10.8 Å². The molecule has 0 amide bonds. The zero-order valence-corrected chi connectivity index (χ0v) is 39.5. The second-order valence-electron chi connectivity index (χ2n) is 20.1. The maximum atomic E-state index is 2.41. The molecule has 0 saturated heterocycles. The highest BCUT2D eigenvalue weighted by Gasteiger charge is 2.38. The molecule has 69 heavy (non-hydrogen) atoms. The van der Waals surface area contributed by atoms with Crippen molar-refractivity contribution in [2.45, 2.75) is 38.5 Å².